The SMILES string of the molecule is CCc1cccc(CNC[C@@H](O)[C@H](Cc2cc(F)cc(F)c2)NC(=O)C2=CC(C)=CC(C(N)=O)(C(C)(C)C)C2)c1. The summed E-state index contributed by atoms with van der Waals surface area (Å²) in [5.74, 6) is -2.48. The Morgan fingerprint density at radius 1 is 1.07 bits per heavy atom. The van der Waals surface area contributed by atoms with Gasteiger partial charge in [0.25, 0.3) is 0 Å². The molecule has 40 heavy (non-hydrogen) atoms. The minimum atomic E-state index is -1.08. The number of primary amides is 1. The highest BCUT2D eigenvalue weighted by atomic mass is 19.1. The Hall–Kier alpha value is -3.36. The number of hydrogen-bond donors (Lipinski definition) is 4. The average molecular weight is 554 g/mol. The summed E-state index contributed by atoms with van der Waals surface area (Å²) >= 11 is 0. The molecule has 1 aliphatic carbocycles. The largest absolute Gasteiger partial charge is 0.390 e. The van der Waals surface area contributed by atoms with Crippen molar-refractivity contribution in [2.24, 2.45) is 16.6 Å². The number of halogens is 2. The summed E-state index contributed by atoms with van der Waals surface area (Å²) in [7, 11) is 0. The van der Waals surface area contributed by atoms with Crippen LogP contribution in [0.4, 0.5) is 8.78 Å². The average Bonchev–Trinajstić information content (AvgIpc) is 2.86. The molecular formula is C32H41F2N3O3. The van der Waals surface area contributed by atoms with Gasteiger partial charge in [-0.3, -0.25) is 9.59 Å². The van der Waals surface area contributed by atoms with E-state index in [9.17, 15) is 23.5 Å². The van der Waals surface area contributed by atoms with E-state index in [1.165, 1.54) is 17.7 Å². The molecule has 0 aromatic heterocycles. The van der Waals surface area contributed by atoms with Crippen LogP contribution in [0.25, 0.3) is 0 Å². The summed E-state index contributed by atoms with van der Waals surface area (Å²) in [6, 6.07) is 10.4. The Morgan fingerprint density at radius 3 is 2.33 bits per heavy atom. The number of hydrogen-bond acceptors (Lipinski definition) is 4. The number of carbonyl (C=O) groups excluding carboxylic acids is 2. The lowest BCUT2D eigenvalue weighted by Gasteiger charge is -2.42. The second-order valence-corrected chi connectivity index (χ2v) is 11.8. The van der Waals surface area contributed by atoms with Crippen LogP contribution in [0.15, 0.2) is 65.8 Å². The van der Waals surface area contributed by atoms with Crippen molar-refractivity contribution < 1.29 is 23.5 Å². The van der Waals surface area contributed by atoms with Crippen molar-refractivity contribution in [1.29, 1.82) is 0 Å². The Balaban J connectivity index is 1.81. The molecule has 0 heterocycles. The maximum atomic E-state index is 13.9. The molecule has 1 aliphatic rings. The van der Waals surface area contributed by atoms with Crippen molar-refractivity contribution in [1.82, 2.24) is 10.6 Å². The van der Waals surface area contributed by atoms with Crippen molar-refractivity contribution in [3.05, 3.63) is 94.1 Å². The molecule has 8 heteroatoms. The van der Waals surface area contributed by atoms with Crippen LogP contribution >= 0.6 is 0 Å². The molecule has 0 saturated heterocycles. The molecule has 5 N–H and O–H groups in total. The first-order valence-corrected chi connectivity index (χ1v) is 13.7. The van der Waals surface area contributed by atoms with Gasteiger partial charge in [0.05, 0.1) is 17.6 Å². The molecule has 0 spiro atoms. The maximum Gasteiger partial charge on any atom is 0.247 e. The quantitative estimate of drug-likeness (QED) is 0.329. The molecule has 0 bridgehead atoms. The number of aryl methyl sites for hydroxylation is 1. The van der Waals surface area contributed by atoms with Crippen molar-refractivity contribution in [3.63, 3.8) is 0 Å². The lowest BCUT2D eigenvalue weighted by Crippen LogP contribution is -2.51. The van der Waals surface area contributed by atoms with E-state index < -0.39 is 46.4 Å². The van der Waals surface area contributed by atoms with Crippen molar-refractivity contribution in [2.45, 2.75) is 72.6 Å². The molecule has 2 aromatic carbocycles. The number of amides is 2. The van der Waals surface area contributed by atoms with Crippen LogP contribution in [0.1, 0.15) is 57.7 Å². The summed E-state index contributed by atoms with van der Waals surface area (Å²) in [4.78, 5) is 26.2. The highest BCUT2D eigenvalue weighted by Crippen LogP contribution is 2.47. The fraction of sp³-hybridized carbons (Fsp3) is 0.438. The van der Waals surface area contributed by atoms with Gasteiger partial charge in [-0.15, -0.1) is 0 Å². The topological polar surface area (TPSA) is 104 Å². The third-order valence-corrected chi connectivity index (χ3v) is 7.66. The van der Waals surface area contributed by atoms with Gasteiger partial charge in [0.2, 0.25) is 11.8 Å². The van der Waals surface area contributed by atoms with Crippen LogP contribution < -0.4 is 16.4 Å². The molecule has 216 valence electrons. The van der Waals surface area contributed by atoms with E-state index in [2.05, 4.69) is 23.6 Å². The van der Waals surface area contributed by atoms with E-state index in [0.29, 0.717) is 17.7 Å². The minimum Gasteiger partial charge on any atom is -0.390 e. The third kappa shape index (κ3) is 7.64. The summed E-state index contributed by atoms with van der Waals surface area (Å²) in [5.41, 5.74) is 7.84. The second-order valence-electron chi connectivity index (χ2n) is 11.8. The van der Waals surface area contributed by atoms with Gasteiger partial charge in [-0.1, -0.05) is 69.7 Å². The second kappa shape index (κ2) is 12.9. The van der Waals surface area contributed by atoms with Crippen molar-refractivity contribution in [3.8, 4) is 0 Å². The zero-order valence-corrected chi connectivity index (χ0v) is 24.0. The molecular weight excluding hydrogens is 512 g/mol. The molecule has 2 aromatic rings. The Labute approximate surface area is 235 Å². The van der Waals surface area contributed by atoms with E-state index in [1.54, 1.807) is 13.0 Å². The number of aliphatic hydroxyl groups is 1. The zero-order chi connectivity index (χ0) is 29.7. The molecule has 0 saturated carbocycles. The first kappa shape index (κ1) is 31.2. The monoisotopic (exact) mass is 553 g/mol. The number of nitrogens with two attached hydrogens (primary N) is 1. The number of rotatable bonds is 11. The van der Waals surface area contributed by atoms with E-state index in [1.807, 2.05) is 45.0 Å². The van der Waals surface area contributed by atoms with Crippen molar-refractivity contribution >= 4 is 11.8 Å². The Morgan fingerprint density at radius 2 is 1.73 bits per heavy atom. The first-order valence-electron chi connectivity index (χ1n) is 13.7. The van der Waals surface area contributed by atoms with Gasteiger partial charge in [-0.2, -0.15) is 0 Å². The van der Waals surface area contributed by atoms with Crippen LogP contribution in [-0.4, -0.2) is 35.6 Å². The van der Waals surface area contributed by atoms with Crippen LogP contribution in [0.2, 0.25) is 0 Å². The van der Waals surface area contributed by atoms with E-state index >= 15 is 0 Å². The van der Waals surface area contributed by atoms with Gasteiger partial charge in [0.1, 0.15) is 11.6 Å². The number of carbonyl (C=O) groups is 2. The standard InChI is InChI=1S/C32H41F2N3O3/c1-6-21-8-7-9-22(11-21)18-36-19-28(38)27(14-23-12-25(33)15-26(34)13-23)37-29(39)24-10-20(2)16-32(17-24,30(35)40)31(3,4)5/h7-13,15-16,27-28,36,38H,6,14,17-19H2,1-5H3,(H2,35,40)(H,37,39)/t27-,28+,32?/m0/s1. The van der Waals surface area contributed by atoms with Crippen LogP contribution in [0.5, 0.6) is 0 Å². The number of benzene rings is 2. The maximum absolute atomic E-state index is 13.9. The number of aliphatic hydroxyl groups excluding tert-OH is 1. The fourth-order valence-corrected chi connectivity index (χ4v) is 5.26. The van der Waals surface area contributed by atoms with E-state index in [4.69, 9.17) is 5.73 Å². The molecule has 3 atom stereocenters. The van der Waals surface area contributed by atoms with E-state index in [-0.39, 0.29) is 19.4 Å². The Bertz CT molecular complexity index is 1280. The van der Waals surface area contributed by atoms with Gasteiger partial charge >= 0.3 is 0 Å². The van der Waals surface area contributed by atoms with Gasteiger partial charge in [-0.25, -0.2) is 8.78 Å². The van der Waals surface area contributed by atoms with Crippen molar-refractivity contribution in [2.75, 3.05) is 6.54 Å². The van der Waals surface area contributed by atoms with Crippen LogP contribution in [0.3, 0.4) is 0 Å². The Kier molecular flexibility index (Phi) is 10.0. The first-order chi connectivity index (χ1) is 18.7. The summed E-state index contributed by atoms with van der Waals surface area (Å²) in [5, 5.41) is 17.2. The fourth-order valence-electron chi connectivity index (χ4n) is 5.26. The zero-order valence-electron chi connectivity index (χ0n) is 24.0. The molecule has 3 rings (SSSR count). The summed E-state index contributed by atoms with van der Waals surface area (Å²) in [6.45, 7) is 10.2. The van der Waals surface area contributed by atoms with Gasteiger partial charge in [0.15, 0.2) is 0 Å². The van der Waals surface area contributed by atoms with E-state index in [0.717, 1.165) is 23.6 Å². The number of nitrogens with one attached hydrogen (secondary N) is 2. The third-order valence-electron chi connectivity index (χ3n) is 7.66. The smallest absolute Gasteiger partial charge is 0.247 e. The number of allylic oxidation sites excluding steroid dienone is 2. The lowest BCUT2D eigenvalue weighted by atomic mass is 9.60. The van der Waals surface area contributed by atoms with Gasteiger partial charge < -0.3 is 21.5 Å². The normalized spacial score (nSPS) is 18.9. The summed E-state index contributed by atoms with van der Waals surface area (Å²) in [6.07, 6.45) is 3.44. The molecule has 0 aliphatic heterocycles. The highest BCUT2D eigenvalue weighted by molar-refractivity contribution is 5.97. The molecule has 0 radical (unpaired) electrons. The molecule has 0 fully saturated rings. The molecule has 2 amide bonds. The van der Waals surface area contributed by atoms with Crippen LogP contribution in [-0.2, 0) is 29.0 Å². The summed E-state index contributed by atoms with van der Waals surface area (Å²) < 4.78 is 27.9. The van der Waals surface area contributed by atoms with Crippen LogP contribution in [0, 0.1) is 22.5 Å². The predicted octanol–water partition coefficient (Wildman–Crippen LogP) is 4.50. The predicted molar refractivity (Wildman–Crippen MR) is 153 cm³/mol. The lowest BCUT2D eigenvalue weighted by molar-refractivity contribution is -0.130. The highest BCUT2D eigenvalue weighted by Gasteiger charge is 2.48. The van der Waals surface area contributed by atoms with Gasteiger partial charge in [-0.05, 0) is 60.4 Å². The minimum absolute atomic E-state index is 0.00305. The molecule has 6 nitrogen and oxygen atoms in total. The molecule has 1 unspecified atom stereocenters. The van der Waals surface area contributed by atoms with Gasteiger partial charge in [0, 0.05) is 24.7 Å².